The summed E-state index contributed by atoms with van der Waals surface area (Å²) in [6.07, 6.45) is 5.26. The van der Waals surface area contributed by atoms with Crippen LogP contribution in [0.5, 0.6) is 0 Å². The van der Waals surface area contributed by atoms with E-state index in [9.17, 15) is 14.9 Å². The highest BCUT2D eigenvalue weighted by atomic mass is 16.5. The summed E-state index contributed by atoms with van der Waals surface area (Å²) in [6.45, 7) is 2.08. The fraction of sp³-hybridized carbons (Fsp3) is 0.241. The van der Waals surface area contributed by atoms with E-state index in [0.29, 0.717) is 23.6 Å². The number of amides is 1. The number of hydrogen-bond donors (Lipinski definition) is 1. The predicted octanol–water partition coefficient (Wildman–Crippen LogP) is 5.42. The van der Waals surface area contributed by atoms with Crippen molar-refractivity contribution in [1.82, 2.24) is 10.3 Å². The molecule has 176 valence electrons. The van der Waals surface area contributed by atoms with Gasteiger partial charge in [0.15, 0.2) is 0 Å². The Bertz CT molecular complexity index is 1270. The molecule has 1 aliphatic carbocycles. The lowest BCUT2D eigenvalue weighted by Gasteiger charge is -2.31. The van der Waals surface area contributed by atoms with Crippen LogP contribution in [0.25, 0.3) is 17.3 Å². The van der Waals surface area contributed by atoms with Crippen LogP contribution in [0.1, 0.15) is 54.2 Å². The minimum Gasteiger partial charge on any atom is -0.462 e. The van der Waals surface area contributed by atoms with E-state index in [1.165, 1.54) is 6.08 Å². The first-order valence-electron chi connectivity index (χ1n) is 11.8. The number of carbonyl (C=O) groups excluding carboxylic acids is 2. The van der Waals surface area contributed by atoms with E-state index in [2.05, 4.69) is 10.3 Å². The molecular formula is C29H27N3O3. The van der Waals surface area contributed by atoms with Crippen molar-refractivity contribution in [3.63, 3.8) is 0 Å². The number of nitriles is 1. The number of aromatic nitrogens is 1. The van der Waals surface area contributed by atoms with Crippen LogP contribution in [-0.4, -0.2) is 23.5 Å². The molecule has 4 rings (SSSR count). The molecule has 0 aliphatic heterocycles. The second-order valence-corrected chi connectivity index (χ2v) is 8.52. The highest BCUT2D eigenvalue weighted by molar-refractivity contribution is 6.02. The highest BCUT2D eigenvalue weighted by Gasteiger charge is 2.37. The largest absolute Gasteiger partial charge is 0.462 e. The van der Waals surface area contributed by atoms with Gasteiger partial charge in [-0.25, -0.2) is 9.78 Å². The maximum Gasteiger partial charge on any atom is 0.338 e. The number of nitrogens with one attached hydrogen (secondary N) is 1. The lowest BCUT2D eigenvalue weighted by Crippen LogP contribution is -2.44. The number of pyridine rings is 1. The molecule has 35 heavy (non-hydrogen) atoms. The Kier molecular flexibility index (Phi) is 7.37. The van der Waals surface area contributed by atoms with Crippen molar-refractivity contribution in [3.05, 3.63) is 95.2 Å². The number of carbonyl (C=O) groups is 2. The quantitative estimate of drug-likeness (QED) is 0.286. The molecule has 2 aromatic carbocycles. The molecule has 0 bridgehead atoms. The Balaban J connectivity index is 1.55. The average molecular weight is 466 g/mol. The maximum absolute atomic E-state index is 13.1. The molecule has 6 nitrogen and oxygen atoms in total. The topological polar surface area (TPSA) is 92.1 Å². The number of hydrogen-bond acceptors (Lipinski definition) is 5. The van der Waals surface area contributed by atoms with Crippen LogP contribution in [0, 0.1) is 11.3 Å². The van der Waals surface area contributed by atoms with Crippen LogP contribution in [-0.2, 0) is 15.1 Å². The second kappa shape index (κ2) is 10.8. The van der Waals surface area contributed by atoms with Crippen molar-refractivity contribution in [2.75, 3.05) is 6.61 Å². The van der Waals surface area contributed by atoms with Crippen LogP contribution < -0.4 is 5.32 Å². The van der Waals surface area contributed by atoms with Gasteiger partial charge in [-0.2, -0.15) is 5.26 Å². The molecule has 1 aliphatic rings. The molecule has 0 radical (unpaired) electrons. The lowest BCUT2D eigenvalue weighted by atomic mass is 9.88. The van der Waals surface area contributed by atoms with E-state index in [-0.39, 0.29) is 11.5 Å². The molecule has 1 aromatic heterocycles. The van der Waals surface area contributed by atoms with Gasteiger partial charge >= 0.3 is 5.97 Å². The zero-order valence-corrected chi connectivity index (χ0v) is 19.7. The smallest absolute Gasteiger partial charge is 0.338 e. The number of nitrogens with zero attached hydrogens (tertiary/aromatic N) is 2. The first-order chi connectivity index (χ1) is 17.0. The third-order valence-corrected chi connectivity index (χ3v) is 6.26. The minimum absolute atomic E-state index is 0.00881. The fourth-order valence-electron chi connectivity index (χ4n) is 4.49. The van der Waals surface area contributed by atoms with Crippen molar-refractivity contribution < 1.29 is 14.3 Å². The van der Waals surface area contributed by atoms with E-state index < -0.39 is 11.4 Å². The van der Waals surface area contributed by atoms with E-state index in [1.807, 2.05) is 48.5 Å². The minimum atomic E-state index is -0.454. The third kappa shape index (κ3) is 5.47. The normalized spacial score (nSPS) is 14.7. The van der Waals surface area contributed by atoms with Gasteiger partial charge in [0, 0.05) is 5.56 Å². The first kappa shape index (κ1) is 23.9. The van der Waals surface area contributed by atoms with Crippen LogP contribution in [0.3, 0.4) is 0 Å². The summed E-state index contributed by atoms with van der Waals surface area (Å²) in [5.74, 6) is -0.770. The Hall–Kier alpha value is -4.24. The highest BCUT2D eigenvalue weighted by Crippen LogP contribution is 2.38. The average Bonchev–Trinajstić information content (AvgIpc) is 3.38. The summed E-state index contributed by atoms with van der Waals surface area (Å²) in [6, 6.07) is 24.4. The molecule has 0 unspecified atom stereocenters. The van der Waals surface area contributed by atoms with Gasteiger partial charge in [0.1, 0.15) is 11.6 Å². The van der Waals surface area contributed by atoms with Crippen LogP contribution in [0.2, 0.25) is 0 Å². The van der Waals surface area contributed by atoms with E-state index in [0.717, 1.165) is 36.8 Å². The van der Waals surface area contributed by atoms with Crippen LogP contribution >= 0.6 is 0 Å². The van der Waals surface area contributed by atoms with Crippen molar-refractivity contribution in [2.24, 2.45) is 0 Å². The molecule has 6 heteroatoms. The van der Waals surface area contributed by atoms with E-state index >= 15 is 0 Å². The number of rotatable bonds is 7. The molecule has 1 heterocycles. The Morgan fingerprint density at radius 1 is 1.03 bits per heavy atom. The van der Waals surface area contributed by atoms with Gasteiger partial charge < -0.3 is 10.1 Å². The van der Waals surface area contributed by atoms with Crippen LogP contribution in [0.4, 0.5) is 0 Å². The van der Waals surface area contributed by atoms with Gasteiger partial charge in [0.05, 0.1) is 29.1 Å². The SMILES string of the molecule is CCOC(=O)c1ccc(-c2cccc(/C=C(\C#N)C(=O)NC3(c4ccccc4)CCCC3)n2)cc1. The van der Waals surface area contributed by atoms with Crippen molar-refractivity contribution >= 4 is 18.0 Å². The number of ether oxygens (including phenoxy) is 1. The molecule has 1 amide bonds. The third-order valence-electron chi connectivity index (χ3n) is 6.26. The van der Waals surface area contributed by atoms with Gasteiger partial charge in [-0.1, -0.05) is 61.4 Å². The summed E-state index contributed by atoms with van der Waals surface area (Å²) in [7, 11) is 0. The Morgan fingerprint density at radius 3 is 2.40 bits per heavy atom. The predicted molar refractivity (Wildman–Crippen MR) is 134 cm³/mol. The van der Waals surface area contributed by atoms with Gasteiger partial charge in [-0.3, -0.25) is 4.79 Å². The van der Waals surface area contributed by atoms with Gasteiger partial charge in [-0.15, -0.1) is 0 Å². The zero-order valence-electron chi connectivity index (χ0n) is 19.7. The van der Waals surface area contributed by atoms with E-state index in [4.69, 9.17) is 4.74 Å². The Labute approximate surface area is 205 Å². The summed E-state index contributed by atoms with van der Waals surface area (Å²) in [5.41, 5.74) is 3.07. The monoisotopic (exact) mass is 465 g/mol. The molecule has 1 fully saturated rings. The standard InChI is InChI=1S/C29H27N3O3/c1-2-35-28(34)22-15-13-21(14-16-22)26-12-8-11-25(31-26)19-23(20-30)27(33)32-29(17-6-7-18-29)24-9-4-3-5-10-24/h3-5,8-16,19H,2,6-7,17-18H2,1H3,(H,32,33)/b23-19+. The summed E-state index contributed by atoms with van der Waals surface area (Å²) in [5, 5.41) is 12.9. The fourth-order valence-corrected chi connectivity index (χ4v) is 4.49. The van der Waals surface area contributed by atoms with Gasteiger partial charge in [-0.05, 0) is 55.7 Å². The van der Waals surface area contributed by atoms with Crippen LogP contribution in [0.15, 0.2) is 78.4 Å². The maximum atomic E-state index is 13.1. The molecular weight excluding hydrogens is 438 g/mol. The lowest BCUT2D eigenvalue weighted by molar-refractivity contribution is -0.119. The van der Waals surface area contributed by atoms with Crippen molar-refractivity contribution in [2.45, 2.75) is 38.1 Å². The van der Waals surface area contributed by atoms with Gasteiger partial charge in [0.2, 0.25) is 0 Å². The van der Waals surface area contributed by atoms with Gasteiger partial charge in [0.25, 0.3) is 5.91 Å². The first-order valence-corrected chi connectivity index (χ1v) is 11.8. The van der Waals surface area contributed by atoms with Crippen molar-refractivity contribution in [3.8, 4) is 17.3 Å². The molecule has 0 atom stereocenters. The zero-order chi connectivity index (χ0) is 24.7. The summed E-state index contributed by atoms with van der Waals surface area (Å²) < 4.78 is 5.02. The molecule has 0 spiro atoms. The number of esters is 1. The Morgan fingerprint density at radius 2 is 1.74 bits per heavy atom. The second-order valence-electron chi connectivity index (χ2n) is 8.52. The molecule has 0 saturated heterocycles. The number of benzene rings is 2. The summed E-state index contributed by atoms with van der Waals surface area (Å²) in [4.78, 5) is 29.6. The van der Waals surface area contributed by atoms with Crippen molar-refractivity contribution in [1.29, 1.82) is 5.26 Å². The summed E-state index contributed by atoms with van der Waals surface area (Å²) >= 11 is 0. The van der Waals surface area contributed by atoms with E-state index in [1.54, 1.807) is 37.3 Å². The molecule has 1 N–H and O–H groups in total. The molecule has 1 saturated carbocycles. The molecule has 3 aromatic rings.